The highest BCUT2D eigenvalue weighted by atomic mass is 35.5. The Morgan fingerprint density at radius 3 is 1.92 bits per heavy atom. The third-order valence-corrected chi connectivity index (χ3v) is 4.22. The van der Waals surface area contributed by atoms with Crippen molar-refractivity contribution in [1.29, 1.82) is 0 Å². The van der Waals surface area contributed by atoms with Gasteiger partial charge in [-0.15, -0.1) is 24.8 Å². The molecule has 0 aliphatic rings. The molecule has 0 fully saturated rings. The first kappa shape index (κ1) is 24.4. The first-order valence-electron chi connectivity index (χ1n) is 8.32. The predicted octanol–water partition coefficient (Wildman–Crippen LogP) is 3.76. The van der Waals surface area contributed by atoms with E-state index in [1.807, 2.05) is 86.6 Å². The van der Waals surface area contributed by atoms with Gasteiger partial charge in [-0.3, -0.25) is 4.79 Å². The van der Waals surface area contributed by atoms with Gasteiger partial charge in [-0.25, -0.2) is 0 Å². The molecule has 2 atom stereocenters. The average Bonchev–Trinajstić information content (AvgIpc) is 2.62. The zero-order valence-electron chi connectivity index (χ0n) is 15.5. The molecule has 4 nitrogen and oxygen atoms in total. The number of benzene rings is 2. The van der Waals surface area contributed by atoms with Crippen molar-refractivity contribution in [2.45, 2.75) is 13.0 Å². The van der Waals surface area contributed by atoms with Crippen molar-refractivity contribution in [3.63, 3.8) is 0 Å². The molecule has 0 aliphatic carbocycles. The molecule has 2 rings (SSSR count). The second-order valence-electron chi connectivity index (χ2n) is 6.35. The summed E-state index contributed by atoms with van der Waals surface area (Å²) in [5.74, 6) is -0.242. The van der Waals surface area contributed by atoms with Gasteiger partial charge in [0.05, 0.1) is 5.92 Å². The van der Waals surface area contributed by atoms with E-state index in [1.165, 1.54) is 0 Å². The molecule has 0 heterocycles. The van der Waals surface area contributed by atoms with Gasteiger partial charge in [0.1, 0.15) is 0 Å². The first-order chi connectivity index (χ1) is 11.5. The molecule has 144 valence electrons. The number of carbonyl (C=O) groups is 1. The Labute approximate surface area is 169 Å². The van der Waals surface area contributed by atoms with Crippen LogP contribution in [0.5, 0.6) is 0 Å². The van der Waals surface area contributed by atoms with Gasteiger partial charge in [0.2, 0.25) is 5.91 Å². The smallest absolute Gasteiger partial charge is 0.231 e. The molecule has 0 saturated carbocycles. The Bertz CT molecular complexity index is 638. The second-order valence-corrected chi connectivity index (χ2v) is 6.35. The van der Waals surface area contributed by atoms with E-state index in [0.717, 1.165) is 17.8 Å². The van der Waals surface area contributed by atoms with Crippen LogP contribution in [0.2, 0.25) is 0 Å². The van der Waals surface area contributed by atoms with E-state index in [9.17, 15) is 4.79 Å². The van der Waals surface area contributed by atoms with E-state index in [2.05, 4.69) is 4.90 Å². The molecule has 0 aromatic heterocycles. The number of anilines is 1. The Hall–Kier alpha value is -1.59. The fraction of sp³-hybridized carbons (Fsp3) is 0.350. The molecule has 2 N–H and O–H groups in total. The van der Waals surface area contributed by atoms with Gasteiger partial charge in [-0.05, 0) is 31.8 Å². The summed E-state index contributed by atoms with van der Waals surface area (Å²) >= 11 is 0. The highest BCUT2D eigenvalue weighted by Crippen LogP contribution is 2.24. The molecule has 2 aromatic rings. The maximum absolute atomic E-state index is 13.1. The van der Waals surface area contributed by atoms with Crippen LogP contribution in [0.25, 0.3) is 0 Å². The molecule has 0 saturated heterocycles. The van der Waals surface area contributed by atoms with Gasteiger partial charge < -0.3 is 15.5 Å². The molecule has 2 aromatic carbocycles. The minimum Gasteiger partial charge on any atom is -0.323 e. The molecular formula is C20H29Cl2N3O. The third kappa shape index (κ3) is 6.61. The van der Waals surface area contributed by atoms with E-state index >= 15 is 0 Å². The Balaban J connectivity index is 0.00000312. The first-order valence-corrected chi connectivity index (χ1v) is 8.32. The number of halogens is 2. The van der Waals surface area contributed by atoms with Crippen LogP contribution >= 0.6 is 24.8 Å². The van der Waals surface area contributed by atoms with Gasteiger partial charge in [0.25, 0.3) is 0 Å². The van der Waals surface area contributed by atoms with Crippen LogP contribution in [-0.2, 0) is 4.79 Å². The van der Waals surface area contributed by atoms with Gasteiger partial charge in [-0.2, -0.15) is 0 Å². The fourth-order valence-electron chi connectivity index (χ4n) is 2.64. The number of para-hydroxylation sites is 1. The summed E-state index contributed by atoms with van der Waals surface area (Å²) < 4.78 is 0. The van der Waals surface area contributed by atoms with Crippen molar-refractivity contribution in [2.75, 3.05) is 32.1 Å². The van der Waals surface area contributed by atoms with Crippen molar-refractivity contribution in [3.05, 3.63) is 66.2 Å². The molecule has 0 spiro atoms. The van der Waals surface area contributed by atoms with Gasteiger partial charge >= 0.3 is 0 Å². The monoisotopic (exact) mass is 397 g/mol. The minimum atomic E-state index is -0.315. The van der Waals surface area contributed by atoms with Crippen LogP contribution in [0.15, 0.2) is 60.7 Å². The number of rotatable bonds is 7. The summed E-state index contributed by atoms with van der Waals surface area (Å²) in [5.41, 5.74) is 8.25. The molecule has 26 heavy (non-hydrogen) atoms. The van der Waals surface area contributed by atoms with Crippen molar-refractivity contribution in [1.82, 2.24) is 4.90 Å². The third-order valence-electron chi connectivity index (χ3n) is 4.22. The van der Waals surface area contributed by atoms with E-state index in [0.29, 0.717) is 6.54 Å². The minimum absolute atomic E-state index is 0. The topological polar surface area (TPSA) is 49.6 Å². The highest BCUT2D eigenvalue weighted by Gasteiger charge is 2.27. The lowest BCUT2D eigenvalue weighted by molar-refractivity contribution is -0.122. The van der Waals surface area contributed by atoms with Crippen LogP contribution in [0.4, 0.5) is 5.69 Å². The highest BCUT2D eigenvalue weighted by molar-refractivity contribution is 5.95. The van der Waals surface area contributed by atoms with Crippen LogP contribution in [0.1, 0.15) is 18.5 Å². The lowest BCUT2D eigenvalue weighted by Crippen LogP contribution is -2.42. The molecular weight excluding hydrogens is 369 g/mol. The number of carbonyl (C=O) groups excluding carboxylic acids is 1. The number of nitrogens with zero attached hydrogens (tertiary/aromatic N) is 2. The van der Waals surface area contributed by atoms with Crippen LogP contribution in [0.3, 0.4) is 0 Å². The Morgan fingerprint density at radius 1 is 0.923 bits per heavy atom. The SMILES string of the molecule is CC(C(=O)N(CCN(C)C)c1ccccc1)C(N)c1ccccc1.Cl.Cl. The standard InChI is InChI=1S/C20H27N3O.2ClH/c1-16(19(21)17-10-6-4-7-11-17)20(24)23(15-14-22(2)3)18-12-8-5-9-13-18;;/h4-13,16,19H,14-15,21H2,1-3H3;2*1H. The predicted molar refractivity (Wildman–Crippen MR) is 114 cm³/mol. The molecule has 0 bridgehead atoms. The summed E-state index contributed by atoms with van der Waals surface area (Å²) in [7, 11) is 4.01. The molecule has 0 radical (unpaired) electrons. The van der Waals surface area contributed by atoms with Gasteiger partial charge in [0.15, 0.2) is 0 Å². The van der Waals surface area contributed by atoms with Gasteiger partial charge in [-0.1, -0.05) is 55.5 Å². The van der Waals surface area contributed by atoms with Crippen LogP contribution in [0, 0.1) is 5.92 Å². The van der Waals surface area contributed by atoms with Crippen molar-refractivity contribution in [2.24, 2.45) is 11.7 Å². The summed E-state index contributed by atoms with van der Waals surface area (Å²) in [4.78, 5) is 17.0. The molecule has 6 heteroatoms. The summed E-state index contributed by atoms with van der Waals surface area (Å²) in [5, 5.41) is 0. The van der Waals surface area contributed by atoms with E-state index in [1.54, 1.807) is 0 Å². The normalized spacial score (nSPS) is 12.5. The van der Waals surface area contributed by atoms with E-state index in [-0.39, 0.29) is 42.7 Å². The average molecular weight is 398 g/mol. The number of hydrogen-bond donors (Lipinski definition) is 1. The van der Waals surface area contributed by atoms with Crippen LogP contribution in [-0.4, -0.2) is 38.0 Å². The summed E-state index contributed by atoms with van der Waals surface area (Å²) in [6.07, 6.45) is 0. The summed E-state index contributed by atoms with van der Waals surface area (Å²) in [6, 6.07) is 19.3. The largest absolute Gasteiger partial charge is 0.323 e. The zero-order chi connectivity index (χ0) is 17.5. The Kier molecular flexibility index (Phi) is 11.2. The van der Waals surface area contributed by atoms with E-state index < -0.39 is 0 Å². The van der Waals surface area contributed by atoms with Gasteiger partial charge in [0, 0.05) is 24.8 Å². The quantitative estimate of drug-likeness (QED) is 0.773. The fourth-order valence-corrected chi connectivity index (χ4v) is 2.64. The molecule has 1 amide bonds. The Morgan fingerprint density at radius 2 is 1.42 bits per heavy atom. The number of hydrogen-bond acceptors (Lipinski definition) is 3. The lowest BCUT2D eigenvalue weighted by atomic mass is 9.94. The number of amides is 1. The molecule has 0 aliphatic heterocycles. The van der Waals surface area contributed by atoms with E-state index in [4.69, 9.17) is 5.73 Å². The van der Waals surface area contributed by atoms with Crippen molar-refractivity contribution in [3.8, 4) is 0 Å². The van der Waals surface area contributed by atoms with Crippen molar-refractivity contribution < 1.29 is 4.79 Å². The maximum Gasteiger partial charge on any atom is 0.231 e. The summed E-state index contributed by atoms with van der Waals surface area (Å²) in [6.45, 7) is 3.35. The zero-order valence-corrected chi connectivity index (χ0v) is 17.2. The van der Waals surface area contributed by atoms with Crippen molar-refractivity contribution >= 4 is 36.4 Å². The van der Waals surface area contributed by atoms with Crippen LogP contribution < -0.4 is 10.6 Å². The second kappa shape index (κ2) is 11.9. The number of nitrogens with two attached hydrogens (primary N) is 1. The lowest BCUT2D eigenvalue weighted by Gasteiger charge is -2.29. The number of likely N-dealkylation sites (N-methyl/N-ethyl adjacent to an activating group) is 1. The molecule has 2 unspecified atom stereocenters. The maximum atomic E-state index is 13.1.